The number of amides is 1. The van der Waals surface area contributed by atoms with E-state index in [9.17, 15) is 4.79 Å². The van der Waals surface area contributed by atoms with Gasteiger partial charge in [0, 0.05) is 23.0 Å². The van der Waals surface area contributed by atoms with Crippen molar-refractivity contribution in [2.45, 2.75) is 27.7 Å². The summed E-state index contributed by atoms with van der Waals surface area (Å²) >= 11 is 7.65. The molecule has 0 aliphatic carbocycles. The number of aromatic nitrogens is 1. The highest BCUT2D eigenvalue weighted by molar-refractivity contribution is 8.27. The predicted octanol–water partition coefficient (Wildman–Crippen LogP) is 5.03. The number of carbonyl (C=O) groups is 1. The van der Waals surface area contributed by atoms with Crippen LogP contribution in [0.4, 0.5) is 0 Å². The number of halogens is 1. The number of amidine groups is 2. The first-order chi connectivity index (χ1) is 14.7. The van der Waals surface area contributed by atoms with Crippen molar-refractivity contribution in [2.75, 3.05) is 7.11 Å². The Morgan fingerprint density at radius 2 is 2.00 bits per heavy atom. The van der Waals surface area contributed by atoms with Gasteiger partial charge in [-0.3, -0.25) is 10.2 Å². The van der Waals surface area contributed by atoms with Gasteiger partial charge in [-0.05, 0) is 61.5 Å². The third-order valence-electron chi connectivity index (χ3n) is 5.13. The maximum atomic E-state index is 12.7. The highest BCUT2D eigenvalue weighted by atomic mass is 35.5. The van der Waals surface area contributed by atoms with Crippen molar-refractivity contribution >= 4 is 51.4 Å². The number of ether oxygens (including phenoxy) is 1. The number of hydrazone groups is 1. The summed E-state index contributed by atoms with van der Waals surface area (Å²) in [6, 6.07) is 7.56. The molecule has 0 atom stereocenters. The highest BCUT2D eigenvalue weighted by Gasteiger charge is 2.36. The molecular weight excluding hydrogens is 434 g/mol. The average Bonchev–Trinajstić information content (AvgIpc) is 3.26. The molecule has 9 heteroatoms. The van der Waals surface area contributed by atoms with E-state index in [0.29, 0.717) is 15.9 Å². The Morgan fingerprint density at radius 1 is 1.26 bits per heavy atom. The number of hydrogen-bond donors (Lipinski definition) is 1. The fourth-order valence-electron chi connectivity index (χ4n) is 3.52. The van der Waals surface area contributed by atoms with Crippen molar-refractivity contribution in [3.05, 3.63) is 51.8 Å². The summed E-state index contributed by atoms with van der Waals surface area (Å²) in [5, 5.41) is 16.3. The minimum atomic E-state index is -0.429. The molecule has 2 aliphatic rings. The lowest BCUT2D eigenvalue weighted by molar-refractivity contribution is -0.114. The molecule has 0 spiro atoms. The Balaban J connectivity index is 1.74. The molecule has 3 heterocycles. The molecule has 1 N–H and O–H groups in total. The van der Waals surface area contributed by atoms with Crippen molar-refractivity contribution in [3.63, 3.8) is 0 Å². The predicted molar refractivity (Wildman–Crippen MR) is 127 cm³/mol. The zero-order chi connectivity index (χ0) is 22.4. The Labute approximate surface area is 189 Å². The minimum Gasteiger partial charge on any atom is -0.495 e. The molecule has 0 fully saturated rings. The molecule has 2 aromatic rings. The summed E-state index contributed by atoms with van der Waals surface area (Å²) in [6.07, 6.45) is 1.71. The molecular formula is C22H22ClN5O2S. The lowest BCUT2D eigenvalue weighted by Gasteiger charge is -2.20. The second-order valence-corrected chi connectivity index (χ2v) is 8.99. The summed E-state index contributed by atoms with van der Waals surface area (Å²) < 4.78 is 7.29. The topological polar surface area (TPSA) is 83.0 Å². The number of hydrogen-bond acceptors (Lipinski definition) is 5. The summed E-state index contributed by atoms with van der Waals surface area (Å²) in [5.41, 5.74) is 3.82. The molecule has 31 heavy (non-hydrogen) atoms. The van der Waals surface area contributed by atoms with Crippen LogP contribution in [-0.2, 0) is 4.79 Å². The van der Waals surface area contributed by atoms with Crippen molar-refractivity contribution in [1.82, 2.24) is 9.58 Å². The zero-order valence-corrected chi connectivity index (χ0v) is 19.4. The maximum absolute atomic E-state index is 12.7. The van der Waals surface area contributed by atoms with Crippen LogP contribution in [0.2, 0.25) is 5.02 Å². The molecule has 4 rings (SSSR count). The standard InChI is InChI=1S/C22H22ClN5O2S/c1-11(2)21-26-28-19(24)16(20(29)25-22(28)31-21)9-14-8-12(3)27(13(14)4)15-6-7-18(30-5)17(23)10-15/h6-11,24H,1-5H3/b16-9+,24-19?. The van der Waals surface area contributed by atoms with E-state index < -0.39 is 5.91 Å². The summed E-state index contributed by atoms with van der Waals surface area (Å²) in [6.45, 7) is 7.98. The number of aliphatic imine (C=N–C) groups is 1. The summed E-state index contributed by atoms with van der Waals surface area (Å²) in [4.78, 5) is 16.8. The third kappa shape index (κ3) is 3.70. The molecule has 0 saturated carbocycles. The van der Waals surface area contributed by atoms with E-state index in [1.807, 2.05) is 56.5 Å². The molecule has 0 unspecified atom stereocenters. The average molecular weight is 456 g/mol. The van der Waals surface area contributed by atoms with Crippen LogP contribution in [0.1, 0.15) is 30.8 Å². The van der Waals surface area contributed by atoms with Crippen molar-refractivity contribution < 1.29 is 9.53 Å². The first kappa shape index (κ1) is 21.4. The Morgan fingerprint density at radius 3 is 2.65 bits per heavy atom. The van der Waals surface area contributed by atoms with Crippen LogP contribution < -0.4 is 4.74 Å². The molecule has 0 saturated heterocycles. The number of methoxy groups -OCH3 is 1. The second-order valence-electron chi connectivity index (χ2n) is 7.59. The molecule has 0 radical (unpaired) electrons. The van der Waals surface area contributed by atoms with Gasteiger partial charge in [-0.2, -0.15) is 15.1 Å². The van der Waals surface area contributed by atoms with Crippen LogP contribution in [-0.4, -0.2) is 38.6 Å². The number of rotatable bonds is 4. The Bertz CT molecular complexity index is 1210. The first-order valence-corrected chi connectivity index (χ1v) is 10.9. The van der Waals surface area contributed by atoms with Crippen molar-refractivity contribution in [1.29, 1.82) is 5.41 Å². The fraction of sp³-hybridized carbons (Fsp3) is 0.273. The van der Waals surface area contributed by atoms with Crippen molar-refractivity contribution in [2.24, 2.45) is 16.0 Å². The monoisotopic (exact) mass is 455 g/mol. The normalized spacial score (nSPS) is 17.4. The fourth-order valence-corrected chi connectivity index (χ4v) is 4.67. The molecule has 7 nitrogen and oxygen atoms in total. The van der Waals surface area contributed by atoms with E-state index in [-0.39, 0.29) is 17.3 Å². The number of benzene rings is 1. The van der Waals surface area contributed by atoms with E-state index in [1.165, 1.54) is 16.8 Å². The largest absolute Gasteiger partial charge is 0.495 e. The Kier molecular flexibility index (Phi) is 5.53. The summed E-state index contributed by atoms with van der Waals surface area (Å²) in [5.74, 6) is 0.413. The van der Waals surface area contributed by atoms with E-state index in [1.54, 1.807) is 13.2 Å². The SMILES string of the molecule is COc1ccc(-n2c(C)cc(/C=C3\C(=N)N4N=C(C(C)C)SC4=NC3=O)c2C)cc1Cl. The van der Waals surface area contributed by atoms with E-state index >= 15 is 0 Å². The number of nitrogens with one attached hydrogen (secondary N) is 1. The second kappa shape index (κ2) is 8.01. The highest BCUT2D eigenvalue weighted by Crippen LogP contribution is 2.33. The van der Waals surface area contributed by atoms with Crippen LogP contribution in [0.3, 0.4) is 0 Å². The van der Waals surface area contributed by atoms with Gasteiger partial charge in [-0.15, -0.1) is 0 Å². The zero-order valence-electron chi connectivity index (χ0n) is 17.9. The van der Waals surface area contributed by atoms with Gasteiger partial charge in [-0.25, -0.2) is 0 Å². The van der Waals surface area contributed by atoms with Gasteiger partial charge in [0.05, 0.1) is 17.7 Å². The first-order valence-electron chi connectivity index (χ1n) is 9.74. The lowest BCUT2D eigenvalue weighted by Crippen LogP contribution is -2.35. The lowest BCUT2D eigenvalue weighted by atomic mass is 10.1. The number of aryl methyl sites for hydroxylation is 1. The van der Waals surface area contributed by atoms with Gasteiger partial charge < -0.3 is 9.30 Å². The van der Waals surface area contributed by atoms with Gasteiger partial charge in [0.1, 0.15) is 10.8 Å². The smallest absolute Gasteiger partial charge is 0.283 e. The molecule has 2 aliphatic heterocycles. The quantitative estimate of drug-likeness (QED) is 0.655. The van der Waals surface area contributed by atoms with Gasteiger partial charge in [-0.1, -0.05) is 25.4 Å². The van der Waals surface area contributed by atoms with Crippen LogP contribution in [0.15, 0.2) is 39.9 Å². The molecule has 1 amide bonds. The third-order valence-corrected chi connectivity index (χ3v) is 6.63. The van der Waals surface area contributed by atoms with Crippen LogP contribution in [0.5, 0.6) is 5.75 Å². The van der Waals surface area contributed by atoms with Crippen LogP contribution in [0.25, 0.3) is 11.8 Å². The van der Waals surface area contributed by atoms with E-state index in [0.717, 1.165) is 27.7 Å². The van der Waals surface area contributed by atoms with Gasteiger partial charge >= 0.3 is 0 Å². The van der Waals surface area contributed by atoms with Gasteiger partial charge in [0.2, 0.25) is 5.17 Å². The number of fused-ring (bicyclic) bond motifs is 1. The van der Waals surface area contributed by atoms with Gasteiger partial charge in [0.25, 0.3) is 5.91 Å². The van der Waals surface area contributed by atoms with Crippen molar-refractivity contribution in [3.8, 4) is 11.4 Å². The summed E-state index contributed by atoms with van der Waals surface area (Å²) in [7, 11) is 1.58. The molecule has 160 valence electrons. The molecule has 1 aromatic carbocycles. The number of nitrogens with zero attached hydrogens (tertiary/aromatic N) is 4. The number of thioether (sulfide) groups is 1. The number of carbonyl (C=O) groups excluding carboxylic acids is 1. The van der Waals surface area contributed by atoms with Crippen LogP contribution in [0, 0.1) is 25.2 Å². The Hall–Kier alpha value is -2.84. The van der Waals surface area contributed by atoms with E-state index in [4.69, 9.17) is 21.7 Å². The van der Waals surface area contributed by atoms with Gasteiger partial charge in [0.15, 0.2) is 5.84 Å². The molecule has 0 bridgehead atoms. The van der Waals surface area contributed by atoms with E-state index in [2.05, 4.69) is 10.1 Å². The maximum Gasteiger partial charge on any atom is 0.283 e. The molecule has 1 aromatic heterocycles. The van der Waals surface area contributed by atoms with Crippen LogP contribution >= 0.6 is 23.4 Å². The minimum absolute atomic E-state index is 0.0374.